The fourth-order valence-corrected chi connectivity index (χ4v) is 4.42. The van der Waals surface area contributed by atoms with Gasteiger partial charge in [0.25, 0.3) is 5.91 Å². The standard InChI is InChI=1S/C30H22BrN3O3/c1-19-12-14-25-24(16-19)27(20-8-4-2-5-9-20)28(33-25)29(35)34-32-18-22-17-23(31)13-15-26(22)37-30(36)21-10-6-3-7-11-21/h2-18,33H,1H3,(H,34,35). The van der Waals surface area contributed by atoms with E-state index in [0.717, 1.165) is 32.1 Å². The third kappa shape index (κ3) is 5.37. The number of H-pyrrole nitrogens is 1. The van der Waals surface area contributed by atoms with Gasteiger partial charge >= 0.3 is 5.97 Å². The highest BCUT2D eigenvalue weighted by Gasteiger charge is 2.19. The van der Waals surface area contributed by atoms with E-state index in [1.807, 2.05) is 55.5 Å². The van der Waals surface area contributed by atoms with Crippen molar-refractivity contribution in [2.24, 2.45) is 5.10 Å². The van der Waals surface area contributed by atoms with Crippen LogP contribution in [0.1, 0.15) is 32.0 Å². The van der Waals surface area contributed by atoms with Crippen LogP contribution < -0.4 is 10.2 Å². The number of esters is 1. The first-order valence-electron chi connectivity index (χ1n) is 11.6. The maximum atomic E-state index is 13.2. The summed E-state index contributed by atoms with van der Waals surface area (Å²) in [4.78, 5) is 29.0. The molecule has 5 rings (SSSR count). The second-order valence-corrected chi connectivity index (χ2v) is 9.34. The quantitative estimate of drug-likeness (QED) is 0.104. The minimum atomic E-state index is -0.484. The number of hydrogen-bond acceptors (Lipinski definition) is 4. The van der Waals surface area contributed by atoms with E-state index >= 15 is 0 Å². The third-order valence-electron chi connectivity index (χ3n) is 5.80. The minimum absolute atomic E-state index is 0.320. The number of hydrazone groups is 1. The molecule has 0 aliphatic carbocycles. The molecule has 1 amide bonds. The maximum absolute atomic E-state index is 13.2. The summed E-state index contributed by atoms with van der Waals surface area (Å²) in [5.41, 5.74) is 7.67. The maximum Gasteiger partial charge on any atom is 0.343 e. The number of rotatable bonds is 6. The van der Waals surface area contributed by atoms with Gasteiger partial charge in [-0.3, -0.25) is 4.79 Å². The van der Waals surface area contributed by atoms with E-state index in [1.54, 1.807) is 42.5 Å². The lowest BCUT2D eigenvalue weighted by molar-refractivity contribution is 0.0734. The minimum Gasteiger partial charge on any atom is -0.422 e. The Kier molecular flexibility index (Phi) is 6.96. The van der Waals surface area contributed by atoms with Gasteiger partial charge in [0.15, 0.2) is 0 Å². The predicted octanol–water partition coefficient (Wildman–Crippen LogP) is 6.89. The van der Waals surface area contributed by atoms with Crippen molar-refractivity contribution in [1.82, 2.24) is 10.4 Å². The van der Waals surface area contributed by atoms with Crippen LogP contribution in [0.15, 0.2) is 107 Å². The second kappa shape index (κ2) is 10.6. The molecule has 1 heterocycles. The Balaban J connectivity index is 1.42. The van der Waals surface area contributed by atoms with Crippen LogP contribution in [0.3, 0.4) is 0 Å². The monoisotopic (exact) mass is 551 g/mol. The van der Waals surface area contributed by atoms with Crippen LogP contribution in [0.4, 0.5) is 0 Å². The van der Waals surface area contributed by atoms with Crippen molar-refractivity contribution in [3.63, 3.8) is 0 Å². The number of aromatic amines is 1. The smallest absolute Gasteiger partial charge is 0.343 e. The van der Waals surface area contributed by atoms with E-state index in [4.69, 9.17) is 4.74 Å². The van der Waals surface area contributed by atoms with Gasteiger partial charge in [-0.15, -0.1) is 0 Å². The zero-order valence-corrected chi connectivity index (χ0v) is 21.5. The first-order chi connectivity index (χ1) is 18.0. The summed E-state index contributed by atoms with van der Waals surface area (Å²) in [6.45, 7) is 2.02. The van der Waals surface area contributed by atoms with E-state index in [0.29, 0.717) is 22.6 Å². The number of amides is 1. The summed E-state index contributed by atoms with van der Waals surface area (Å²) in [6, 6.07) is 29.7. The molecule has 0 aliphatic heterocycles. The molecule has 0 saturated heterocycles. The summed E-state index contributed by atoms with van der Waals surface area (Å²) in [5, 5.41) is 5.13. The van der Waals surface area contributed by atoms with Gasteiger partial charge in [0.05, 0.1) is 11.8 Å². The number of halogens is 1. The van der Waals surface area contributed by atoms with Crippen molar-refractivity contribution in [3.05, 3.63) is 124 Å². The number of benzene rings is 4. The van der Waals surface area contributed by atoms with Crippen molar-refractivity contribution in [2.75, 3.05) is 0 Å². The zero-order valence-electron chi connectivity index (χ0n) is 19.9. The SMILES string of the molecule is Cc1ccc2[nH]c(C(=O)NN=Cc3cc(Br)ccc3OC(=O)c3ccccc3)c(-c3ccccc3)c2c1. The van der Waals surface area contributed by atoms with Crippen LogP contribution >= 0.6 is 15.9 Å². The number of hydrogen-bond donors (Lipinski definition) is 2. The van der Waals surface area contributed by atoms with Crippen molar-refractivity contribution in [3.8, 4) is 16.9 Å². The average Bonchev–Trinajstić information content (AvgIpc) is 3.30. The number of carbonyl (C=O) groups excluding carboxylic acids is 2. The molecule has 0 saturated carbocycles. The van der Waals surface area contributed by atoms with E-state index in [2.05, 4.69) is 37.5 Å². The van der Waals surface area contributed by atoms with Gasteiger partial charge in [0.1, 0.15) is 11.4 Å². The number of aromatic nitrogens is 1. The second-order valence-electron chi connectivity index (χ2n) is 8.43. The van der Waals surface area contributed by atoms with Crippen LogP contribution in [0.5, 0.6) is 5.75 Å². The van der Waals surface area contributed by atoms with Gasteiger partial charge in [-0.1, -0.05) is 76.1 Å². The molecular weight excluding hydrogens is 530 g/mol. The molecule has 4 aromatic carbocycles. The number of aryl methyl sites for hydroxylation is 1. The van der Waals surface area contributed by atoms with Gasteiger partial charge in [-0.05, 0) is 55.0 Å². The lowest BCUT2D eigenvalue weighted by Crippen LogP contribution is -2.19. The molecule has 7 heteroatoms. The average molecular weight is 552 g/mol. The summed E-state index contributed by atoms with van der Waals surface area (Å²) in [6.07, 6.45) is 1.45. The molecule has 37 heavy (non-hydrogen) atoms. The molecule has 0 atom stereocenters. The Hall–Kier alpha value is -4.49. The predicted molar refractivity (Wildman–Crippen MR) is 149 cm³/mol. The molecule has 2 N–H and O–H groups in total. The van der Waals surface area contributed by atoms with Crippen LogP contribution in [0.25, 0.3) is 22.0 Å². The molecule has 6 nitrogen and oxygen atoms in total. The van der Waals surface area contributed by atoms with Crippen molar-refractivity contribution in [2.45, 2.75) is 6.92 Å². The van der Waals surface area contributed by atoms with E-state index in [-0.39, 0.29) is 5.91 Å². The number of carbonyl (C=O) groups is 2. The number of nitrogens with zero attached hydrogens (tertiary/aromatic N) is 1. The topological polar surface area (TPSA) is 83.6 Å². The first-order valence-corrected chi connectivity index (χ1v) is 12.4. The largest absolute Gasteiger partial charge is 0.422 e. The van der Waals surface area contributed by atoms with E-state index in [9.17, 15) is 9.59 Å². The lowest BCUT2D eigenvalue weighted by atomic mass is 10.0. The Morgan fingerprint density at radius 3 is 2.41 bits per heavy atom. The molecule has 5 aromatic rings. The highest BCUT2D eigenvalue weighted by atomic mass is 79.9. The fraction of sp³-hybridized carbons (Fsp3) is 0.0333. The Morgan fingerprint density at radius 1 is 0.919 bits per heavy atom. The van der Waals surface area contributed by atoms with Crippen molar-refractivity contribution >= 4 is 44.9 Å². The summed E-state index contributed by atoms with van der Waals surface area (Å²) < 4.78 is 6.36. The summed E-state index contributed by atoms with van der Waals surface area (Å²) in [7, 11) is 0. The highest BCUT2D eigenvalue weighted by Crippen LogP contribution is 2.33. The van der Waals surface area contributed by atoms with Gasteiger partial charge in [0, 0.05) is 26.5 Å². The molecule has 182 valence electrons. The molecule has 1 aromatic heterocycles. The van der Waals surface area contributed by atoms with Crippen LogP contribution in [0.2, 0.25) is 0 Å². The summed E-state index contributed by atoms with van der Waals surface area (Å²) in [5.74, 6) is -0.551. The van der Waals surface area contributed by atoms with Gasteiger partial charge < -0.3 is 9.72 Å². The zero-order chi connectivity index (χ0) is 25.8. The summed E-state index contributed by atoms with van der Waals surface area (Å²) >= 11 is 3.43. The molecule has 0 fully saturated rings. The fourth-order valence-electron chi connectivity index (χ4n) is 4.04. The van der Waals surface area contributed by atoms with Crippen LogP contribution in [-0.4, -0.2) is 23.1 Å². The number of fused-ring (bicyclic) bond motifs is 1. The Bertz CT molecular complexity index is 1630. The number of ether oxygens (including phenoxy) is 1. The molecule has 0 bridgehead atoms. The normalized spacial score (nSPS) is 11.1. The molecule has 0 aliphatic rings. The van der Waals surface area contributed by atoms with E-state index in [1.165, 1.54) is 6.21 Å². The Morgan fingerprint density at radius 2 is 1.65 bits per heavy atom. The van der Waals surface area contributed by atoms with Gasteiger partial charge in [-0.25, -0.2) is 10.2 Å². The van der Waals surface area contributed by atoms with Crippen molar-refractivity contribution in [1.29, 1.82) is 0 Å². The first kappa shape index (κ1) is 24.2. The van der Waals surface area contributed by atoms with Crippen molar-refractivity contribution < 1.29 is 14.3 Å². The third-order valence-corrected chi connectivity index (χ3v) is 6.29. The molecule has 0 spiro atoms. The molecular formula is C30H22BrN3O3. The molecule has 0 radical (unpaired) electrons. The van der Waals surface area contributed by atoms with Crippen LogP contribution in [-0.2, 0) is 0 Å². The Labute approximate surface area is 222 Å². The van der Waals surface area contributed by atoms with E-state index < -0.39 is 5.97 Å². The highest BCUT2D eigenvalue weighted by molar-refractivity contribution is 9.10. The van der Waals surface area contributed by atoms with Gasteiger partial charge in [0.2, 0.25) is 0 Å². The molecule has 0 unspecified atom stereocenters. The lowest BCUT2D eigenvalue weighted by Gasteiger charge is -2.08. The number of nitrogens with one attached hydrogen (secondary N) is 2. The van der Waals surface area contributed by atoms with Crippen LogP contribution in [0, 0.1) is 6.92 Å². The van der Waals surface area contributed by atoms with Gasteiger partial charge in [-0.2, -0.15) is 5.10 Å².